The third-order valence-electron chi connectivity index (χ3n) is 5.18. The van der Waals surface area contributed by atoms with Crippen LogP contribution in [0.1, 0.15) is 27.7 Å². The molecule has 34 heavy (non-hydrogen) atoms. The number of rotatable bonds is 7. The van der Waals surface area contributed by atoms with Crippen molar-refractivity contribution in [3.63, 3.8) is 0 Å². The van der Waals surface area contributed by atoms with Gasteiger partial charge in [-0.25, -0.2) is 4.98 Å². The van der Waals surface area contributed by atoms with Gasteiger partial charge in [-0.3, -0.25) is 9.59 Å². The Bertz CT molecular complexity index is 1280. The molecule has 4 aromatic rings. The summed E-state index contributed by atoms with van der Waals surface area (Å²) in [6, 6.07) is 24.9. The van der Waals surface area contributed by atoms with Crippen LogP contribution in [0.2, 0.25) is 0 Å². The summed E-state index contributed by atoms with van der Waals surface area (Å²) in [4.78, 5) is 31.8. The highest BCUT2D eigenvalue weighted by atomic mass is 32.2. The summed E-state index contributed by atoms with van der Waals surface area (Å²) in [6.45, 7) is 5.86. The van der Waals surface area contributed by atoms with E-state index in [0.29, 0.717) is 16.4 Å². The number of nitrogens with zero attached hydrogens (tertiary/aromatic N) is 1. The Morgan fingerprint density at radius 1 is 0.882 bits per heavy atom. The molecule has 2 N–H and O–H groups in total. The molecule has 3 aromatic carbocycles. The lowest BCUT2D eigenvalue weighted by Crippen LogP contribution is -2.22. The molecule has 0 aliphatic heterocycles. The molecule has 0 saturated carbocycles. The maximum Gasteiger partial charge on any atom is 0.255 e. The second-order valence-electron chi connectivity index (χ2n) is 7.88. The van der Waals surface area contributed by atoms with Crippen molar-refractivity contribution < 1.29 is 9.59 Å². The van der Waals surface area contributed by atoms with Crippen molar-refractivity contribution in [1.29, 1.82) is 0 Å². The van der Waals surface area contributed by atoms with Crippen molar-refractivity contribution in [1.82, 2.24) is 4.98 Å². The molecule has 4 rings (SSSR count). The van der Waals surface area contributed by atoms with Crippen LogP contribution in [-0.4, -0.2) is 22.0 Å². The zero-order chi connectivity index (χ0) is 24.1. The van der Waals surface area contributed by atoms with Crippen LogP contribution in [0.3, 0.4) is 0 Å². The second kappa shape index (κ2) is 10.7. The topological polar surface area (TPSA) is 71.1 Å². The summed E-state index contributed by atoms with van der Waals surface area (Å²) < 4.78 is 0. The Balaban J connectivity index is 1.33. The standard InChI is InChI=1S/C27H25N3O2S2/c1-17-9-11-21(12-10-17)26(32)28-22-13-15-23(16-14-22)33-19(3)25(31)30-27-29-24(18(2)34-27)20-7-5-4-6-8-20/h4-16,19H,1-3H3,(H,28,32)(H,29,30,31). The Labute approximate surface area is 207 Å². The summed E-state index contributed by atoms with van der Waals surface area (Å²) in [6.07, 6.45) is 0. The number of aromatic nitrogens is 1. The van der Waals surface area contributed by atoms with E-state index in [1.807, 2.05) is 99.6 Å². The van der Waals surface area contributed by atoms with Crippen LogP contribution in [0.15, 0.2) is 83.8 Å². The number of hydrogen-bond acceptors (Lipinski definition) is 5. The molecule has 0 aliphatic carbocycles. The predicted molar refractivity (Wildman–Crippen MR) is 142 cm³/mol. The fourth-order valence-corrected chi connectivity index (χ4v) is 5.01. The minimum atomic E-state index is -0.308. The second-order valence-corrected chi connectivity index (χ2v) is 10.5. The molecule has 0 spiro atoms. The van der Waals surface area contributed by atoms with Crippen molar-refractivity contribution >= 4 is 45.7 Å². The first-order valence-corrected chi connectivity index (χ1v) is 12.6. The van der Waals surface area contributed by atoms with Crippen LogP contribution in [0.5, 0.6) is 0 Å². The first-order valence-electron chi connectivity index (χ1n) is 10.9. The van der Waals surface area contributed by atoms with Gasteiger partial charge in [0.2, 0.25) is 5.91 Å². The number of amides is 2. The quantitative estimate of drug-likeness (QED) is 0.281. The number of nitrogens with one attached hydrogen (secondary N) is 2. The smallest absolute Gasteiger partial charge is 0.255 e. The van der Waals surface area contributed by atoms with Gasteiger partial charge in [0.05, 0.1) is 10.9 Å². The zero-order valence-corrected chi connectivity index (χ0v) is 20.8. The number of anilines is 2. The van der Waals surface area contributed by atoms with Crippen molar-refractivity contribution in [3.8, 4) is 11.3 Å². The van der Waals surface area contributed by atoms with Gasteiger partial charge in [-0.15, -0.1) is 23.1 Å². The first kappa shape index (κ1) is 23.7. The predicted octanol–water partition coefficient (Wildman–Crippen LogP) is 6.80. The largest absolute Gasteiger partial charge is 0.322 e. The van der Waals surface area contributed by atoms with Crippen LogP contribution >= 0.6 is 23.1 Å². The number of thioether (sulfide) groups is 1. The summed E-state index contributed by atoms with van der Waals surface area (Å²) in [5.41, 5.74) is 4.36. The number of carbonyl (C=O) groups excluding carboxylic acids is 2. The molecule has 1 atom stereocenters. The van der Waals surface area contributed by atoms with Crippen molar-refractivity contribution in [2.45, 2.75) is 30.9 Å². The lowest BCUT2D eigenvalue weighted by molar-refractivity contribution is -0.115. The maximum absolute atomic E-state index is 12.7. The lowest BCUT2D eigenvalue weighted by Gasteiger charge is -2.11. The minimum Gasteiger partial charge on any atom is -0.322 e. The van der Waals surface area contributed by atoms with Crippen LogP contribution in [0.25, 0.3) is 11.3 Å². The maximum atomic E-state index is 12.7. The van der Waals surface area contributed by atoms with Crippen LogP contribution in [0, 0.1) is 13.8 Å². The molecule has 5 nitrogen and oxygen atoms in total. The SMILES string of the molecule is Cc1ccc(C(=O)Nc2ccc(SC(C)C(=O)Nc3nc(-c4ccccc4)c(C)s3)cc2)cc1. The highest BCUT2D eigenvalue weighted by molar-refractivity contribution is 8.00. The number of benzene rings is 3. The van der Waals surface area contributed by atoms with Gasteiger partial charge in [0.25, 0.3) is 5.91 Å². The molecular weight excluding hydrogens is 462 g/mol. The van der Waals surface area contributed by atoms with Gasteiger partial charge in [0.15, 0.2) is 5.13 Å². The molecule has 7 heteroatoms. The number of aryl methyl sites for hydroxylation is 2. The highest BCUT2D eigenvalue weighted by Crippen LogP contribution is 2.31. The molecule has 0 saturated heterocycles. The van der Waals surface area contributed by atoms with E-state index in [1.165, 1.54) is 23.1 Å². The molecule has 0 bridgehead atoms. The van der Waals surface area contributed by atoms with Gasteiger partial charge in [-0.2, -0.15) is 0 Å². The average Bonchev–Trinajstić information content (AvgIpc) is 3.21. The van der Waals surface area contributed by atoms with E-state index in [0.717, 1.165) is 26.6 Å². The molecule has 1 heterocycles. The van der Waals surface area contributed by atoms with E-state index < -0.39 is 0 Å². The van der Waals surface area contributed by atoms with Gasteiger partial charge >= 0.3 is 0 Å². The van der Waals surface area contributed by atoms with Crippen molar-refractivity contribution in [3.05, 3.63) is 94.9 Å². The molecule has 0 radical (unpaired) electrons. The molecule has 2 amide bonds. The molecule has 172 valence electrons. The fraction of sp³-hybridized carbons (Fsp3) is 0.148. The van der Waals surface area contributed by atoms with Crippen LogP contribution in [0.4, 0.5) is 10.8 Å². The van der Waals surface area contributed by atoms with Gasteiger partial charge in [-0.05, 0) is 57.2 Å². The summed E-state index contributed by atoms with van der Waals surface area (Å²) in [5, 5.41) is 6.14. The number of thiazole rings is 1. The Kier molecular flexibility index (Phi) is 7.45. The van der Waals surface area contributed by atoms with Crippen molar-refractivity contribution in [2.24, 2.45) is 0 Å². The van der Waals surface area contributed by atoms with Gasteiger partial charge < -0.3 is 10.6 Å². The normalized spacial score (nSPS) is 11.6. The van der Waals surface area contributed by atoms with E-state index >= 15 is 0 Å². The highest BCUT2D eigenvalue weighted by Gasteiger charge is 2.18. The number of carbonyl (C=O) groups is 2. The third kappa shape index (κ3) is 5.92. The van der Waals surface area contributed by atoms with Crippen LogP contribution < -0.4 is 10.6 Å². The lowest BCUT2D eigenvalue weighted by atomic mass is 10.1. The van der Waals surface area contributed by atoms with Crippen molar-refractivity contribution in [2.75, 3.05) is 10.6 Å². The summed E-state index contributed by atoms with van der Waals surface area (Å²) in [5.74, 6) is -0.253. The number of hydrogen-bond donors (Lipinski definition) is 2. The van der Waals surface area contributed by atoms with Gasteiger partial charge in [-0.1, -0.05) is 48.0 Å². The Morgan fingerprint density at radius 2 is 1.56 bits per heavy atom. The molecule has 1 aromatic heterocycles. The molecule has 1 unspecified atom stereocenters. The molecular formula is C27H25N3O2S2. The Morgan fingerprint density at radius 3 is 2.24 bits per heavy atom. The van der Waals surface area contributed by atoms with E-state index in [-0.39, 0.29) is 17.1 Å². The van der Waals surface area contributed by atoms with E-state index in [2.05, 4.69) is 15.6 Å². The van der Waals surface area contributed by atoms with E-state index in [4.69, 9.17) is 0 Å². The van der Waals surface area contributed by atoms with Crippen LogP contribution in [-0.2, 0) is 4.79 Å². The zero-order valence-electron chi connectivity index (χ0n) is 19.2. The molecule has 0 aliphatic rings. The minimum absolute atomic E-state index is 0.102. The third-order valence-corrected chi connectivity index (χ3v) is 7.18. The first-order chi connectivity index (χ1) is 16.4. The average molecular weight is 488 g/mol. The molecule has 0 fully saturated rings. The summed E-state index contributed by atoms with van der Waals surface area (Å²) >= 11 is 2.93. The van der Waals surface area contributed by atoms with E-state index in [1.54, 1.807) is 0 Å². The summed E-state index contributed by atoms with van der Waals surface area (Å²) in [7, 11) is 0. The Hall–Kier alpha value is -3.42. The monoisotopic (exact) mass is 487 g/mol. The van der Waals surface area contributed by atoms with E-state index in [9.17, 15) is 9.59 Å². The van der Waals surface area contributed by atoms with Gasteiger partial charge in [0.1, 0.15) is 0 Å². The fourth-order valence-electron chi connectivity index (χ4n) is 3.30. The van der Waals surface area contributed by atoms with Gasteiger partial charge in [0, 0.05) is 26.6 Å².